The van der Waals surface area contributed by atoms with Gasteiger partial charge in [-0.25, -0.2) is 0 Å². The molecule has 3 atom stereocenters. The minimum Gasteiger partial charge on any atom is -0.389 e. The van der Waals surface area contributed by atoms with E-state index in [0.29, 0.717) is 24.8 Å². The summed E-state index contributed by atoms with van der Waals surface area (Å²) in [5, 5.41) is 20.8. The topological polar surface area (TPSA) is 57.5 Å². The summed E-state index contributed by atoms with van der Waals surface area (Å²) in [6.45, 7) is 9.80. The van der Waals surface area contributed by atoms with Crippen LogP contribution in [-0.4, -0.2) is 27.7 Å². The second-order valence-electron chi connectivity index (χ2n) is 6.93. The Morgan fingerprint density at radius 3 is 2.50 bits per heavy atom. The summed E-state index contributed by atoms with van der Waals surface area (Å²) in [6, 6.07) is 0. The average molecular weight is 248 g/mol. The van der Waals surface area contributed by atoms with Gasteiger partial charge in [0.15, 0.2) is 5.78 Å². The maximum absolute atomic E-state index is 12.4. The van der Waals surface area contributed by atoms with E-state index in [2.05, 4.69) is 6.58 Å². The minimum absolute atomic E-state index is 0.156. The molecule has 0 saturated heterocycles. The molecule has 3 aliphatic rings. The molecule has 3 heteroatoms. The van der Waals surface area contributed by atoms with E-state index in [1.807, 2.05) is 20.8 Å². The number of ketones is 1. The lowest BCUT2D eigenvalue weighted by molar-refractivity contribution is -0.123. The minimum atomic E-state index is -1.01. The van der Waals surface area contributed by atoms with E-state index >= 15 is 0 Å². The number of Topliss-reactive ketones (excluding diaryl/α,β-unsaturated/α-hetero) is 1. The Balaban J connectivity index is 2.15. The lowest BCUT2D eigenvalue weighted by Crippen LogP contribution is -2.41. The first-order valence-electron chi connectivity index (χ1n) is 6.50. The Labute approximate surface area is 107 Å². The van der Waals surface area contributed by atoms with Crippen LogP contribution in [0.2, 0.25) is 0 Å². The molecule has 18 heavy (non-hydrogen) atoms. The number of carbonyl (C=O) groups is 1. The summed E-state index contributed by atoms with van der Waals surface area (Å²) in [4.78, 5) is 12.4. The van der Waals surface area contributed by atoms with Gasteiger partial charge in [0.05, 0.1) is 11.7 Å². The van der Waals surface area contributed by atoms with Gasteiger partial charge in [-0.05, 0) is 30.1 Å². The third-order valence-electron chi connectivity index (χ3n) is 5.45. The van der Waals surface area contributed by atoms with Crippen LogP contribution in [0.4, 0.5) is 0 Å². The van der Waals surface area contributed by atoms with Gasteiger partial charge in [0, 0.05) is 23.7 Å². The number of carbonyl (C=O) groups excluding carboxylic acids is 1. The van der Waals surface area contributed by atoms with Crippen molar-refractivity contribution in [1.82, 2.24) is 0 Å². The van der Waals surface area contributed by atoms with Crippen molar-refractivity contribution < 1.29 is 15.0 Å². The molecule has 0 amide bonds. The molecule has 3 aliphatic carbocycles. The van der Waals surface area contributed by atoms with E-state index in [1.54, 1.807) is 0 Å². The van der Waals surface area contributed by atoms with Crippen LogP contribution in [0.25, 0.3) is 0 Å². The number of aliphatic hydroxyl groups excluding tert-OH is 1. The molecule has 0 radical (unpaired) electrons. The molecule has 3 rings (SSSR count). The highest BCUT2D eigenvalue weighted by molar-refractivity contribution is 6.04. The van der Waals surface area contributed by atoms with Crippen molar-refractivity contribution in [2.24, 2.45) is 10.8 Å². The van der Waals surface area contributed by atoms with E-state index in [9.17, 15) is 15.0 Å². The normalized spacial score (nSPS) is 45.7. The average Bonchev–Trinajstić information content (AvgIpc) is 2.67. The first kappa shape index (κ1) is 12.1. The van der Waals surface area contributed by atoms with Crippen molar-refractivity contribution in [3.63, 3.8) is 0 Å². The highest BCUT2D eigenvalue weighted by atomic mass is 16.3. The van der Waals surface area contributed by atoms with Gasteiger partial charge >= 0.3 is 0 Å². The van der Waals surface area contributed by atoms with Crippen LogP contribution >= 0.6 is 0 Å². The molecule has 0 heterocycles. The van der Waals surface area contributed by atoms with Gasteiger partial charge in [0.2, 0.25) is 0 Å². The monoisotopic (exact) mass is 248 g/mol. The highest BCUT2D eigenvalue weighted by Gasteiger charge is 2.66. The molecule has 1 saturated carbocycles. The Morgan fingerprint density at radius 1 is 1.28 bits per heavy atom. The van der Waals surface area contributed by atoms with E-state index < -0.39 is 17.1 Å². The number of aliphatic hydroxyl groups is 2. The van der Waals surface area contributed by atoms with E-state index in [-0.39, 0.29) is 11.2 Å². The Morgan fingerprint density at radius 2 is 1.89 bits per heavy atom. The molecule has 3 unspecified atom stereocenters. The zero-order valence-electron chi connectivity index (χ0n) is 11.2. The Bertz CT molecular complexity index is 514. The number of fused-ring (bicyclic) bond motifs is 2. The zero-order valence-corrected chi connectivity index (χ0v) is 11.2. The molecule has 98 valence electrons. The van der Waals surface area contributed by atoms with Gasteiger partial charge in [-0.2, -0.15) is 0 Å². The first-order chi connectivity index (χ1) is 8.13. The van der Waals surface area contributed by atoms with Gasteiger partial charge < -0.3 is 10.2 Å². The van der Waals surface area contributed by atoms with Crippen LogP contribution in [0, 0.1) is 10.8 Å². The molecule has 2 N–H and O–H groups in total. The molecular weight excluding hydrogens is 228 g/mol. The van der Waals surface area contributed by atoms with E-state index in [4.69, 9.17) is 0 Å². The Kier molecular flexibility index (Phi) is 2.00. The number of hydrogen-bond donors (Lipinski definition) is 2. The number of hydrogen-bond acceptors (Lipinski definition) is 3. The molecule has 0 aromatic carbocycles. The summed E-state index contributed by atoms with van der Waals surface area (Å²) in [5.74, 6) is 0.156. The van der Waals surface area contributed by atoms with Crippen LogP contribution in [0.5, 0.6) is 0 Å². The van der Waals surface area contributed by atoms with Crippen LogP contribution < -0.4 is 0 Å². The molecular formula is C15H20O3. The fraction of sp³-hybridized carbons (Fsp3) is 0.667. The van der Waals surface area contributed by atoms with E-state index in [0.717, 1.165) is 11.1 Å². The third-order valence-corrected chi connectivity index (χ3v) is 5.45. The molecule has 3 nitrogen and oxygen atoms in total. The van der Waals surface area contributed by atoms with Crippen LogP contribution in [0.1, 0.15) is 40.0 Å². The predicted octanol–water partition coefficient (Wildman–Crippen LogP) is 1.74. The van der Waals surface area contributed by atoms with Gasteiger partial charge in [0.1, 0.15) is 0 Å². The number of rotatable bonds is 0. The first-order valence-corrected chi connectivity index (χ1v) is 6.50. The molecule has 0 bridgehead atoms. The molecule has 1 fully saturated rings. The summed E-state index contributed by atoms with van der Waals surface area (Å²) >= 11 is 0. The fourth-order valence-corrected chi connectivity index (χ4v) is 4.14. The van der Waals surface area contributed by atoms with Crippen LogP contribution in [-0.2, 0) is 4.79 Å². The molecule has 0 spiro atoms. The SMILES string of the molecule is C=C1C(O)CC2(O)CC3=C(CC(C)(C)C3=O)C12C. The summed E-state index contributed by atoms with van der Waals surface area (Å²) < 4.78 is 0. The van der Waals surface area contributed by atoms with Crippen molar-refractivity contribution >= 4 is 5.78 Å². The fourth-order valence-electron chi connectivity index (χ4n) is 4.14. The van der Waals surface area contributed by atoms with E-state index in [1.165, 1.54) is 0 Å². The maximum Gasteiger partial charge on any atom is 0.164 e. The molecule has 0 aliphatic heterocycles. The van der Waals surface area contributed by atoms with Crippen LogP contribution in [0.3, 0.4) is 0 Å². The van der Waals surface area contributed by atoms with Gasteiger partial charge in [-0.1, -0.05) is 20.4 Å². The van der Waals surface area contributed by atoms with Crippen molar-refractivity contribution in [2.75, 3.05) is 0 Å². The predicted molar refractivity (Wildman–Crippen MR) is 67.9 cm³/mol. The Hall–Kier alpha value is -0.930. The quantitative estimate of drug-likeness (QED) is 0.642. The van der Waals surface area contributed by atoms with Gasteiger partial charge in [0.25, 0.3) is 0 Å². The van der Waals surface area contributed by atoms with Crippen molar-refractivity contribution in [3.05, 3.63) is 23.3 Å². The van der Waals surface area contributed by atoms with Gasteiger partial charge in [-0.15, -0.1) is 0 Å². The second kappa shape index (κ2) is 2.97. The molecule has 0 aromatic heterocycles. The summed E-state index contributed by atoms with van der Waals surface area (Å²) in [7, 11) is 0. The van der Waals surface area contributed by atoms with Gasteiger partial charge in [-0.3, -0.25) is 4.79 Å². The largest absolute Gasteiger partial charge is 0.389 e. The van der Waals surface area contributed by atoms with Crippen molar-refractivity contribution in [2.45, 2.75) is 51.7 Å². The lowest BCUT2D eigenvalue weighted by Gasteiger charge is -2.38. The van der Waals surface area contributed by atoms with Crippen molar-refractivity contribution in [1.29, 1.82) is 0 Å². The molecule has 0 aromatic rings. The van der Waals surface area contributed by atoms with Crippen molar-refractivity contribution in [3.8, 4) is 0 Å². The second-order valence-corrected chi connectivity index (χ2v) is 6.93. The highest BCUT2D eigenvalue weighted by Crippen LogP contribution is 2.66. The van der Waals surface area contributed by atoms with Crippen LogP contribution in [0.15, 0.2) is 23.3 Å². The zero-order chi connectivity index (χ0) is 13.5. The maximum atomic E-state index is 12.4. The smallest absolute Gasteiger partial charge is 0.164 e. The third kappa shape index (κ3) is 1.06. The summed E-state index contributed by atoms with van der Waals surface area (Å²) in [6.07, 6.45) is 0.680. The lowest BCUT2D eigenvalue weighted by atomic mass is 9.69. The summed E-state index contributed by atoms with van der Waals surface area (Å²) in [5.41, 5.74) is 0.467. The standard InChI is InChI=1S/C15H20O3/c1-8-11(16)7-15(18)5-9-10(14(8,15)4)6-13(2,3)12(9)17/h11,16,18H,1,5-7H2,2-4H3.